The van der Waals surface area contributed by atoms with Gasteiger partial charge in [-0.05, 0) is 53.8 Å². The van der Waals surface area contributed by atoms with E-state index in [1.54, 1.807) is 11.1 Å². The molecule has 3 rings (SSSR count). The first-order chi connectivity index (χ1) is 10.3. The Kier molecular flexibility index (Phi) is 5.70. The van der Waals surface area contributed by atoms with E-state index in [1.807, 2.05) is 0 Å². The van der Waals surface area contributed by atoms with Crippen LogP contribution in [0.4, 0.5) is 0 Å². The Morgan fingerprint density at radius 3 is 1.90 bits per heavy atom. The molecule has 0 aliphatic heterocycles. The highest BCUT2D eigenvalue weighted by atomic mass is 35.7. The van der Waals surface area contributed by atoms with E-state index < -0.39 is 7.42 Å². The predicted octanol–water partition coefficient (Wildman–Crippen LogP) is 5.95. The Morgan fingerprint density at radius 1 is 0.762 bits per heavy atom. The molecule has 2 aliphatic rings. The van der Waals surface area contributed by atoms with Gasteiger partial charge in [0.25, 0.3) is 0 Å². The van der Waals surface area contributed by atoms with Crippen molar-refractivity contribution < 1.29 is 0 Å². The normalized spacial score (nSPS) is 21.9. The third kappa shape index (κ3) is 3.68. The molecule has 0 atom stereocenters. The summed E-state index contributed by atoms with van der Waals surface area (Å²) < 4.78 is 0. The molecule has 0 spiro atoms. The van der Waals surface area contributed by atoms with Gasteiger partial charge in [0.15, 0.2) is 0 Å². The minimum atomic E-state index is -1.41. The Morgan fingerprint density at radius 2 is 1.33 bits per heavy atom. The van der Waals surface area contributed by atoms with Crippen molar-refractivity contribution in [3.63, 3.8) is 0 Å². The highest BCUT2D eigenvalue weighted by molar-refractivity contribution is 7.39. The van der Waals surface area contributed by atoms with Crippen LogP contribution in [-0.4, -0.2) is 7.42 Å². The third-order valence-electron chi connectivity index (χ3n) is 5.40. The molecule has 2 saturated carbocycles. The summed E-state index contributed by atoms with van der Waals surface area (Å²) in [5.41, 5.74) is 3.17. The van der Waals surface area contributed by atoms with E-state index in [0.717, 1.165) is 5.92 Å². The number of rotatable bonds is 3. The third-order valence-corrected chi connectivity index (χ3v) is 7.47. The zero-order valence-corrected chi connectivity index (χ0v) is 15.2. The Balaban J connectivity index is 1.98. The van der Waals surface area contributed by atoms with E-state index in [-0.39, 0.29) is 0 Å². The van der Waals surface area contributed by atoms with Crippen LogP contribution < -0.4 is 5.19 Å². The summed E-state index contributed by atoms with van der Waals surface area (Å²) in [6.07, 6.45) is 13.7. The van der Waals surface area contributed by atoms with Gasteiger partial charge >= 0.3 is 7.42 Å². The lowest BCUT2D eigenvalue weighted by Crippen LogP contribution is -2.28. The molecule has 0 heterocycles. The van der Waals surface area contributed by atoms with E-state index in [9.17, 15) is 0 Å². The van der Waals surface area contributed by atoms with Gasteiger partial charge < -0.3 is 0 Å². The van der Waals surface area contributed by atoms with Crippen LogP contribution in [0, 0.1) is 0 Å². The minimum absolute atomic E-state index is 0.712. The number of benzene rings is 1. The lowest BCUT2D eigenvalue weighted by molar-refractivity contribution is 0.420. The average molecular weight is 340 g/mol. The second-order valence-electron chi connectivity index (χ2n) is 6.74. The minimum Gasteiger partial charge on any atom is -0.140 e. The van der Waals surface area contributed by atoms with Gasteiger partial charge in [-0.2, -0.15) is 0 Å². The molecule has 0 saturated heterocycles. The highest BCUT2D eigenvalue weighted by Crippen LogP contribution is 2.40. The van der Waals surface area contributed by atoms with Gasteiger partial charge in [-0.25, -0.2) is 0 Å². The van der Waals surface area contributed by atoms with E-state index >= 15 is 0 Å². The van der Waals surface area contributed by atoms with Gasteiger partial charge in [-0.15, -0.1) is 22.2 Å². The molecule has 0 nitrogen and oxygen atoms in total. The van der Waals surface area contributed by atoms with Crippen LogP contribution in [0.15, 0.2) is 18.2 Å². The van der Waals surface area contributed by atoms with Gasteiger partial charge in [0, 0.05) is 0 Å². The molecule has 3 heteroatoms. The van der Waals surface area contributed by atoms with E-state index in [1.165, 1.54) is 69.4 Å². The van der Waals surface area contributed by atoms with Crippen molar-refractivity contribution in [1.29, 1.82) is 0 Å². The van der Waals surface area contributed by atoms with Crippen LogP contribution in [0.1, 0.15) is 87.2 Å². The summed E-state index contributed by atoms with van der Waals surface area (Å²) >= 11 is 12.8. The molecule has 115 valence electrons. The maximum atomic E-state index is 6.41. The SMILES string of the molecule is Cl[Si](Cl)c1cccc(C2CCCCC2)c1C1CCCCC1. The molecule has 1 aromatic rings. The van der Waals surface area contributed by atoms with Crippen molar-refractivity contribution >= 4 is 34.8 Å². The summed E-state index contributed by atoms with van der Waals surface area (Å²) in [6, 6.07) is 6.77. The summed E-state index contributed by atoms with van der Waals surface area (Å²) in [5, 5.41) is 1.29. The van der Waals surface area contributed by atoms with Gasteiger partial charge in [0.1, 0.15) is 0 Å². The van der Waals surface area contributed by atoms with Crippen molar-refractivity contribution in [2.24, 2.45) is 0 Å². The summed E-state index contributed by atoms with van der Waals surface area (Å²) in [7, 11) is -1.41. The first kappa shape index (κ1) is 15.9. The Bertz CT molecular complexity index is 460. The number of halogens is 2. The molecule has 2 aliphatic carbocycles. The van der Waals surface area contributed by atoms with E-state index in [0.29, 0.717) is 5.92 Å². The number of hydrogen-bond donors (Lipinski definition) is 0. The largest absolute Gasteiger partial charge is 0.307 e. The predicted molar refractivity (Wildman–Crippen MR) is 95.2 cm³/mol. The van der Waals surface area contributed by atoms with Gasteiger partial charge in [-0.1, -0.05) is 56.7 Å². The molecule has 1 aromatic carbocycles. The van der Waals surface area contributed by atoms with E-state index in [2.05, 4.69) is 18.2 Å². The van der Waals surface area contributed by atoms with Gasteiger partial charge in [0.05, 0.1) is 0 Å². The molecule has 0 amide bonds. The van der Waals surface area contributed by atoms with Crippen LogP contribution in [0.2, 0.25) is 0 Å². The fourth-order valence-electron chi connectivity index (χ4n) is 4.36. The molecule has 21 heavy (non-hydrogen) atoms. The zero-order valence-electron chi connectivity index (χ0n) is 12.7. The topological polar surface area (TPSA) is 0 Å². The number of hydrogen-bond acceptors (Lipinski definition) is 0. The lowest BCUT2D eigenvalue weighted by atomic mass is 9.76. The Hall–Kier alpha value is 0.0169. The van der Waals surface area contributed by atoms with Crippen molar-refractivity contribution in [2.75, 3.05) is 0 Å². The molecule has 2 fully saturated rings. The monoisotopic (exact) mass is 339 g/mol. The Labute approximate surface area is 140 Å². The van der Waals surface area contributed by atoms with Crippen LogP contribution in [0.25, 0.3) is 0 Å². The van der Waals surface area contributed by atoms with Crippen molar-refractivity contribution in [3.8, 4) is 0 Å². The molecule has 0 aromatic heterocycles. The summed E-state index contributed by atoms with van der Waals surface area (Å²) in [4.78, 5) is 0. The molecular formula is C18H25Cl2Si. The lowest BCUT2D eigenvalue weighted by Gasteiger charge is -2.31. The molecule has 1 radical (unpaired) electrons. The first-order valence-corrected chi connectivity index (χ1v) is 12.1. The molecule has 0 bridgehead atoms. The first-order valence-electron chi connectivity index (χ1n) is 8.58. The smallest absolute Gasteiger partial charge is 0.140 e. The summed E-state index contributed by atoms with van der Waals surface area (Å²) in [6.45, 7) is 0. The van der Waals surface area contributed by atoms with Gasteiger partial charge in [0.2, 0.25) is 0 Å². The molecule has 0 unspecified atom stereocenters. The van der Waals surface area contributed by atoms with Crippen LogP contribution in [0.3, 0.4) is 0 Å². The second kappa shape index (κ2) is 7.52. The molecular weight excluding hydrogens is 315 g/mol. The maximum absolute atomic E-state index is 6.41. The highest BCUT2D eigenvalue weighted by Gasteiger charge is 2.28. The van der Waals surface area contributed by atoms with Crippen LogP contribution in [0.5, 0.6) is 0 Å². The average Bonchev–Trinajstić information content (AvgIpc) is 2.55. The van der Waals surface area contributed by atoms with Crippen molar-refractivity contribution in [3.05, 3.63) is 29.3 Å². The fourth-order valence-corrected chi connectivity index (χ4v) is 6.13. The van der Waals surface area contributed by atoms with Crippen molar-refractivity contribution in [1.82, 2.24) is 0 Å². The quantitative estimate of drug-likeness (QED) is 0.471. The van der Waals surface area contributed by atoms with Crippen LogP contribution >= 0.6 is 22.2 Å². The zero-order chi connectivity index (χ0) is 14.7. The summed E-state index contributed by atoms with van der Waals surface area (Å²) in [5.74, 6) is 1.47. The second-order valence-corrected chi connectivity index (χ2v) is 10.6. The van der Waals surface area contributed by atoms with Gasteiger partial charge in [-0.3, -0.25) is 0 Å². The standard InChI is InChI=1S/C18H25Cl2Si/c19-21(20)17-13-7-12-16(14-8-3-1-4-9-14)18(17)15-10-5-2-6-11-15/h7,12-15H,1-6,8-11H2. The maximum Gasteiger partial charge on any atom is 0.307 e. The van der Waals surface area contributed by atoms with Crippen molar-refractivity contribution in [2.45, 2.75) is 76.0 Å². The molecule has 0 N–H and O–H groups in total. The fraction of sp³-hybridized carbons (Fsp3) is 0.667. The van der Waals surface area contributed by atoms with E-state index in [4.69, 9.17) is 22.2 Å². The van der Waals surface area contributed by atoms with Crippen LogP contribution in [-0.2, 0) is 0 Å².